The molecular formula is C17H14BrNO. The molecule has 0 saturated carbocycles. The van der Waals surface area contributed by atoms with E-state index in [0.29, 0.717) is 0 Å². The summed E-state index contributed by atoms with van der Waals surface area (Å²) >= 11 is 3.44. The normalized spacial score (nSPS) is 11.3. The third kappa shape index (κ3) is 2.63. The molecular weight excluding hydrogens is 314 g/mol. The molecule has 1 aromatic heterocycles. The summed E-state index contributed by atoms with van der Waals surface area (Å²) in [6.07, 6.45) is 6.22. The summed E-state index contributed by atoms with van der Waals surface area (Å²) < 4.78 is 8.44. The van der Waals surface area contributed by atoms with Crippen molar-refractivity contribution in [2.75, 3.05) is 7.11 Å². The molecule has 0 amide bonds. The molecule has 0 spiro atoms. The number of benzene rings is 2. The molecule has 0 bridgehead atoms. The van der Waals surface area contributed by atoms with Crippen molar-refractivity contribution in [3.63, 3.8) is 0 Å². The Balaban J connectivity index is 1.92. The Labute approximate surface area is 126 Å². The van der Waals surface area contributed by atoms with Crippen molar-refractivity contribution in [3.8, 4) is 5.75 Å². The number of nitrogens with zero attached hydrogens (tertiary/aromatic N) is 1. The number of fused-ring (bicyclic) bond motifs is 1. The minimum Gasteiger partial charge on any atom is -0.497 e. The van der Waals surface area contributed by atoms with Gasteiger partial charge in [0.15, 0.2) is 0 Å². The van der Waals surface area contributed by atoms with Gasteiger partial charge in [0.2, 0.25) is 0 Å². The third-order valence-electron chi connectivity index (χ3n) is 3.23. The third-order valence-corrected chi connectivity index (χ3v) is 3.75. The fourth-order valence-electron chi connectivity index (χ4n) is 2.14. The summed E-state index contributed by atoms with van der Waals surface area (Å²) in [6.45, 7) is 0. The predicted molar refractivity (Wildman–Crippen MR) is 87.9 cm³/mol. The topological polar surface area (TPSA) is 14.2 Å². The van der Waals surface area contributed by atoms with E-state index in [1.165, 1.54) is 16.5 Å². The number of aromatic nitrogens is 1. The zero-order valence-electron chi connectivity index (χ0n) is 11.1. The maximum Gasteiger partial charge on any atom is 0.119 e. The Kier molecular flexibility index (Phi) is 3.61. The van der Waals surface area contributed by atoms with Gasteiger partial charge in [-0.2, -0.15) is 0 Å². The Morgan fingerprint density at radius 3 is 2.60 bits per heavy atom. The molecule has 0 N–H and O–H groups in total. The summed E-state index contributed by atoms with van der Waals surface area (Å²) in [5, 5.41) is 1.17. The van der Waals surface area contributed by atoms with Crippen molar-refractivity contribution < 1.29 is 4.74 Å². The maximum absolute atomic E-state index is 5.24. The molecule has 0 aliphatic rings. The molecule has 3 rings (SSSR count). The molecule has 100 valence electrons. The van der Waals surface area contributed by atoms with E-state index < -0.39 is 0 Å². The summed E-state index contributed by atoms with van der Waals surface area (Å²) in [6, 6.07) is 16.4. The first-order valence-electron chi connectivity index (χ1n) is 6.34. The lowest BCUT2D eigenvalue weighted by atomic mass is 10.2. The summed E-state index contributed by atoms with van der Waals surface area (Å²) in [5.74, 6) is 0.882. The molecule has 0 fully saturated rings. The van der Waals surface area contributed by atoms with Gasteiger partial charge in [0.25, 0.3) is 0 Å². The van der Waals surface area contributed by atoms with Crippen LogP contribution in [0.3, 0.4) is 0 Å². The first kappa shape index (κ1) is 13.0. The highest BCUT2D eigenvalue weighted by Crippen LogP contribution is 2.22. The molecule has 3 heteroatoms. The minimum absolute atomic E-state index is 0.882. The van der Waals surface area contributed by atoms with E-state index in [-0.39, 0.29) is 0 Å². The van der Waals surface area contributed by atoms with Crippen LogP contribution in [0.15, 0.2) is 59.2 Å². The van der Waals surface area contributed by atoms with Crippen LogP contribution in [-0.4, -0.2) is 11.7 Å². The number of hydrogen-bond donors (Lipinski definition) is 0. The van der Waals surface area contributed by atoms with Crippen LogP contribution in [0.1, 0.15) is 5.56 Å². The van der Waals surface area contributed by atoms with Gasteiger partial charge in [-0.1, -0.05) is 28.1 Å². The van der Waals surface area contributed by atoms with Gasteiger partial charge in [0, 0.05) is 22.3 Å². The molecule has 1 heterocycles. The average Bonchev–Trinajstić information content (AvgIpc) is 2.89. The van der Waals surface area contributed by atoms with Crippen molar-refractivity contribution in [1.82, 2.24) is 4.57 Å². The lowest BCUT2D eigenvalue weighted by Crippen LogP contribution is -1.85. The van der Waals surface area contributed by atoms with E-state index in [9.17, 15) is 0 Å². The van der Waals surface area contributed by atoms with E-state index in [1.807, 2.05) is 24.3 Å². The SMILES string of the molecule is COc1ccc2c(ccn2/C=C\c2ccc(Br)cc2)c1. The number of rotatable bonds is 3. The molecule has 20 heavy (non-hydrogen) atoms. The Morgan fingerprint density at radius 1 is 1.05 bits per heavy atom. The van der Waals surface area contributed by atoms with Gasteiger partial charge in [-0.3, -0.25) is 0 Å². The monoisotopic (exact) mass is 327 g/mol. The van der Waals surface area contributed by atoms with E-state index in [1.54, 1.807) is 7.11 Å². The summed E-state index contributed by atoms with van der Waals surface area (Å²) in [7, 11) is 1.69. The number of halogens is 1. The van der Waals surface area contributed by atoms with Gasteiger partial charge >= 0.3 is 0 Å². The van der Waals surface area contributed by atoms with Crippen molar-refractivity contribution in [2.45, 2.75) is 0 Å². The molecule has 0 aliphatic heterocycles. The van der Waals surface area contributed by atoms with Crippen LogP contribution in [0.4, 0.5) is 0 Å². The first-order valence-corrected chi connectivity index (χ1v) is 7.14. The van der Waals surface area contributed by atoms with Gasteiger partial charge in [-0.05, 0) is 48.0 Å². The van der Waals surface area contributed by atoms with Crippen LogP contribution in [0.5, 0.6) is 5.75 Å². The lowest BCUT2D eigenvalue weighted by Gasteiger charge is -2.01. The molecule has 0 atom stereocenters. The predicted octanol–water partition coefficient (Wildman–Crippen LogP) is 5.04. The highest BCUT2D eigenvalue weighted by molar-refractivity contribution is 9.10. The van der Waals surface area contributed by atoms with E-state index in [4.69, 9.17) is 4.74 Å². The van der Waals surface area contributed by atoms with E-state index in [2.05, 4.69) is 63.2 Å². The zero-order chi connectivity index (χ0) is 13.9. The van der Waals surface area contributed by atoms with Gasteiger partial charge in [0.05, 0.1) is 12.6 Å². The second kappa shape index (κ2) is 5.55. The maximum atomic E-state index is 5.24. The Hall–Kier alpha value is -2.00. The minimum atomic E-state index is 0.882. The van der Waals surface area contributed by atoms with Crippen molar-refractivity contribution in [1.29, 1.82) is 0 Å². The smallest absolute Gasteiger partial charge is 0.119 e. The Morgan fingerprint density at radius 2 is 1.85 bits per heavy atom. The molecule has 0 saturated heterocycles. The molecule has 0 unspecified atom stereocenters. The van der Waals surface area contributed by atoms with Gasteiger partial charge in [0.1, 0.15) is 5.75 Å². The average molecular weight is 328 g/mol. The van der Waals surface area contributed by atoms with Gasteiger partial charge in [-0.15, -0.1) is 0 Å². The molecule has 2 nitrogen and oxygen atoms in total. The van der Waals surface area contributed by atoms with Crippen molar-refractivity contribution in [2.24, 2.45) is 0 Å². The van der Waals surface area contributed by atoms with E-state index >= 15 is 0 Å². The van der Waals surface area contributed by atoms with Crippen LogP contribution in [0.2, 0.25) is 0 Å². The highest BCUT2D eigenvalue weighted by Gasteiger charge is 2.00. The van der Waals surface area contributed by atoms with Crippen LogP contribution in [0, 0.1) is 0 Å². The van der Waals surface area contributed by atoms with Crippen LogP contribution < -0.4 is 4.74 Å². The van der Waals surface area contributed by atoms with Crippen LogP contribution in [0.25, 0.3) is 23.2 Å². The quantitative estimate of drug-likeness (QED) is 0.657. The highest BCUT2D eigenvalue weighted by atomic mass is 79.9. The first-order chi connectivity index (χ1) is 9.76. The van der Waals surface area contributed by atoms with Crippen LogP contribution >= 0.6 is 15.9 Å². The van der Waals surface area contributed by atoms with Gasteiger partial charge < -0.3 is 9.30 Å². The largest absolute Gasteiger partial charge is 0.497 e. The molecule has 0 radical (unpaired) electrons. The second-order valence-electron chi connectivity index (χ2n) is 4.52. The van der Waals surface area contributed by atoms with Crippen LogP contribution in [-0.2, 0) is 0 Å². The fraction of sp³-hybridized carbons (Fsp3) is 0.0588. The zero-order valence-corrected chi connectivity index (χ0v) is 12.7. The van der Waals surface area contributed by atoms with E-state index in [0.717, 1.165) is 10.2 Å². The standard InChI is InChI=1S/C17H14BrNO/c1-20-16-6-7-17-14(12-16)9-11-19(17)10-8-13-2-4-15(18)5-3-13/h2-12H,1H3/b10-8-. The lowest BCUT2D eigenvalue weighted by molar-refractivity contribution is 0.415. The number of methoxy groups -OCH3 is 1. The molecule has 2 aromatic carbocycles. The van der Waals surface area contributed by atoms with Crippen molar-refractivity contribution in [3.05, 3.63) is 64.8 Å². The second-order valence-corrected chi connectivity index (χ2v) is 5.43. The number of hydrogen-bond acceptors (Lipinski definition) is 1. The fourth-order valence-corrected chi connectivity index (χ4v) is 2.40. The Bertz CT molecular complexity index is 756. The number of ether oxygens (including phenoxy) is 1. The molecule has 0 aliphatic carbocycles. The van der Waals surface area contributed by atoms with Gasteiger partial charge in [-0.25, -0.2) is 0 Å². The molecule has 3 aromatic rings. The van der Waals surface area contributed by atoms with Crippen molar-refractivity contribution >= 4 is 39.1 Å². The summed E-state index contributed by atoms with van der Waals surface area (Å²) in [4.78, 5) is 0. The summed E-state index contributed by atoms with van der Waals surface area (Å²) in [5.41, 5.74) is 2.34.